The van der Waals surface area contributed by atoms with E-state index in [0.717, 1.165) is 25.9 Å². The lowest BCUT2D eigenvalue weighted by atomic mass is 9.99. The molecule has 0 radical (unpaired) electrons. The molecule has 1 saturated heterocycles. The lowest BCUT2D eigenvalue weighted by Gasteiger charge is -2.28. The normalized spacial score (nSPS) is 17.9. The Hall–Kier alpha value is -0.930. The summed E-state index contributed by atoms with van der Waals surface area (Å²) in [6.45, 7) is 3.35. The molecule has 1 heterocycles. The third kappa shape index (κ3) is 2.90. The summed E-state index contributed by atoms with van der Waals surface area (Å²) in [7, 11) is 0. The summed E-state index contributed by atoms with van der Waals surface area (Å²) in [4.78, 5) is 13.6. The van der Waals surface area contributed by atoms with Gasteiger partial charge in [-0.15, -0.1) is 0 Å². The summed E-state index contributed by atoms with van der Waals surface area (Å²) in [6, 6.07) is 4.46. The van der Waals surface area contributed by atoms with Crippen molar-refractivity contribution in [3.05, 3.63) is 34.6 Å². The predicted molar refractivity (Wildman–Crippen MR) is 70.3 cm³/mol. The summed E-state index contributed by atoms with van der Waals surface area (Å²) in [5.41, 5.74) is 0.469. The molecule has 0 aliphatic carbocycles. The van der Waals surface area contributed by atoms with Gasteiger partial charge in [-0.05, 0) is 45.0 Å². The minimum atomic E-state index is -0.319. The van der Waals surface area contributed by atoms with Crippen LogP contribution >= 0.6 is 11.6 Å². The quantitative estimate of drug-likeness (QED) is 0.832. The highest BCUT2D eigenvalue weighted by Gasteiger charge is 2.28. The zero-order valence-electron chi connectivity index (χ0n) is 10.5. The van der Waals surface area contributed by atoms with E-state index in [2.05, 4.69) is 4.90 Å². The predicted octanol–water partition coefficient (Wildman–Crippen LogP) is 3.60. The number of ketones is 1. The number of nitrogens with zero attached hydrogens (tertiary/aromatic N) is 1. The molecule has 1 fully saturated rings. The maximum atomic E-state index is 14.0. The fraction of sp³-hybridized carbons (Fsp3) is 0.500. The van der Waals surface area contributed by atoms with Crippen LogP contribution in [0.5, 0.6) is 0 Å². The minimum absolute atomic E-state index is 0.0613. The van der Waals surface area contributed by atoms with E-state index in [1.165, 1.54) is 13.0 Å². The van der Waals surface area contributed by atoms with Crippen molar-refractivity contribution in [3.8, 4) is 0 Å². The summed E-state index contributed by atoms with van der Waals surface area (Å²) < 4.78 is 14.0. The molecule has 18 heavy (non-hydrogen) atoms. The molecular formula is C14H17ClFNO. The first kappa shape index (κ1) is 13.5. The number of likely N-dealkylation sites (tertiary alicyclic amines) is 1. The first-order chi connectivity index (χ1) is 8.59. The number of halogens is 2. The molecule has 0 bridgehead atoms. The van der Waals surface area contributed by atoms with E-state index in [9.17, 15) is 9.18 Å². The van der Waals surface area contributed by atoms with Crippen LogP contribution < -0.4 is 0 Å². The van der Waals surface area contributed by atoms with Crippen molar-refractivity contribution in [2.45, 2.75) is 32.2 Å². The molecule has 2 rings (SSSR count). The van der Waals surface area contributed by atoms with Crippen molar-refractivity contribution < 1.29 is 9.18 Å². The third-order valence-corrected chi connectivity index (χ3v) is 3.72. The van der Waals surface area contributed by atoms with Crippen LogP contribution in [0.4, 0.5) is 4.39 Å². The Labute approximate surface area is 112 Å². The number of rotatable bonds is 4. The average Bonchev–Trinajstić information content (AvgIpc) is 2.80. The van der Waals surface area contributed by atoms with Gasteiger partial charge in [0.05, 0.1) is 0 Å². The molecule has 1 unspecified atom stereocenters. The van der Waals surface area contributed by atoms with Gasteiger partial charge in [0.15, 0.2) is 0 Å². The van der Waals surface area contributed by atoms with E-state index >= 15 is 0 Å². The van der Waals surface area contributed by atoms with Gasteiger partial charge in [0.1, 0.15) is 11.6 Å². The number of carbonyl (C=O) groups excluding carboxylic acids is 1. The van der Waals surface area contributed by atoms with Crippen LogP contribution in [0.3, 0.4) is 0 Å². The number of carbonyl (C=O) groups is 1. The van der Waals surface area contributed by atoms with Gasteiger partial charge in [0.2, 0.25) is 0 Å². The van der Waals surface area contributed by atoms with Gasteiger partial charge in [-0.3, -0.25) is 9.69 Å². The smallest absolute Gasteiger partial charge is 0.131 e. The van der Waals surface area contributed by atoms with Crippen molar-refractivity contribution in [1.82, 2.24) is 4.90 Å². The number of hydrogen-bond acceptors (Lipinski definition) is 2. The van der Waals surface area contributed by atoms with Gasteiger partial charge in [-0.2, -0.15) is 0 Å². The van der Waals surface area contributed by atoms with Gasteiger partial charge < -0.3 is 0 Å². The molecule has 1 aromatic carbocycles. The van der Waals surface area contributed by atoms with Crippen molar-refractivity contribution in [3.63, 3.8) is 0 Å². The molecule has 1 aliphatic rings. The topological polar surface area (TPSA) is 20.3 Å². The Morgan fingerprint density at radius 3 is 2.67 bits per heavy atom. The lowest BCUT2D eigenvalue weighted by Crippen LogP contribution is -2.28. The summed E-state index contributed by atoms with van der Waals surface area (Å²) >= 11 is 6.11. The zero-order chi connectivity index (χ0) is 13.1. The molecular weight excluding hydrogens is 253 g/mol. The van der Waals surface area contributed by atoms with Crippen LogP contribution in [0, 0.1) is 5.82 Å². The first-order valence-electron chi connectivity index (χ1n) is 6.27. The van der Waals surface area contributed by atoms with E-state index in [0.29, 0.717) is 17.0 Å². The van der Waals surface area contributed by atoms with Crippen molar-refractivity contribution in [2.24, 2.45) is 0 Å². The van der Waals surface area contributed by atoms with E-state index in [-0.39, 0.29) is 17.6 Å². The first-order valence-corrected chi connectivity index (χ1v) is 6.65. The standard InChI is InChI=1S/C14H17ClFNO/c1-10(18)9-13(17-7-2-3-8-17)14-11(15)5-4-6-12(14)16/h4-6,13H,2-3,7-9H2,1H3. The van der Waals surface area contributed by atoms with Gasteiger partial charge in [-0.1, -0.05) is 17.7 Å². The fourth-order valence-electron chi connectivity index (χ4n) is 2.57. The van der Waals surface area contributed by atoms with E-state index in [1.807, 2.05) is 0 Å². The Morgan fingerprint density at radius 2 is 2.11 bits per heavy atom. The van der Waals surface area contributed by atoms with Crippen molar-refractivity contribution >= 4 is 17.4 Å². The van der Waals surface area contributed by atoms with E-state index in [1.54, 1.807) is 12.1 Å². The van der Waals surface area contributed by atoms with Gasteiger partial charge in [0, 0.05) is 23.0 Å². The van der Waals surface area contributed by atoms with Crippen molar-refractivity contribution in [2.75, 3.05) is 13.1 Å². The second-order valence-electron chi connectivity index (χ2n) is 4.80. The van der Waals surface area contributed by atoms with E-state index in [4.69, 9.17) is 11.6 Å². The number of Topliss-reactive ketones (excluding diaryl/α,β-unsaturated/α-hetero) is 1. The summed E-state index contributed by atoms with van der Waals surface area (Å²) in [5.74, 6) is -0.258. The summed E-state index contributed by atoms with van der Waals surface area (Å²) in [6.07, 6.45) is 2.52. The van der Waals surface area contributed by atoms with Crippen LogP contribution in [0.2, 0.25) is 5.02 Å². The molecule has 0 amide bonds. The Bertz CT molecular complexity index is 423. The van der Waals surface area contributed by atoms with Crippen LogP contribution in [-0.4, -0.2) is 23.8 Å². The van der Waals surface area contributed by atoms with E-state index < -0.39 is 0 Å². The number of benzene rings is 1. The van der Waals surface area contributed by atoms with Crippen LogP contribution in [0.1, 0.15) is 37.8 Å². The summed E-state index contributed by atoms with van der Waals surface area (Å²) in [5, 5.41) is 0.410. The highest BCUT2D eigenvalue weighted by molar-refractivity contribution is 6.31. The average molecular weight is 270 g/mol. The monoisotopic (exact) mass is 269 g/mol. The second kappa shape index (κ2) is 5.81. The molecule has 4 heteroatoms. The molecule has 0 saturated carbocycles. The van der Waals surface area contributed by atoms with Crippen LogP contribution in [0.25, 0.3) is 0 Å². The molecule has 98 valence electrons. The molecule has 0 N–H and O–H groups in total. The highest BCUT2D eigenvalue weighted by Crippen LogP contribution is 2.34. The molecule has 0 spiro atoms. The van der Waals surface area contributed by atoms with Gasteiger partial charge >= 0.3 is 0 Å². The maximum absolute atomic E-state index is 14.0. The lowest BCUT2D eigenvalue weighted by molar-refractivity contribution is -0.118. The van der Waals surface area contributed by atoms with Crippen LogP contribution in [-0.2, 0) is 4.79 Å². The Balaban J connectivity index is 2.35. The Kier molecular flexibility index (Phi) is 4.36. The molecule has 1 aromatic rings. The minimum Gasteiger partial charge on any atom is -0.300 e. The SMILES string of the molecule is CC(=O)CC(c1c(F)cccc1Cl)N1CCCC1. The molecule has 0 aromatic heterocycles. The zero-order valence-corrected chi connectivity index (χ0v) is 11.2. The van der Waals surface area contributed by atoms with Crippen LogP contribution in [0.15, 0.2) is 18.2 Å². The molecule has 2 nitrogen and oxygen atoms in total. The highest BCUT2D eigenvalue weighted by atomic mass is 35.5. The third-order valence-electron chi connectivity index (χ3n) is 3.40. The molecule has 1 atom stereocenters. The van der Waals surface area contributed by atoms with Crippen molar-refractivity contribution in [1.29, 1.82) is 0 Å². The Morgan fingerprint density at radius 1 is 1.44 bits per heavy atom. The molecule has 1 aliphatic heterocycles. The van der Waals surface area contributed by atoms with Gasteiger partial charge in [0.25, 0.3) is 0 Å². The largest absolute Gasteiger partial charge is 0.300 e. The van der Waals surface area contributed by atoms with Gasteiger partial charge in [-0.25, -0.2) is 4.39 Å². The maximum Gasteiger partial charge on any atom is 0.131 e. The second-order valence-corrected chi connectivity index (χ2v) is 5.21. The number of hydrogen-bond donors (Lipinski definition) is 0. The fourth-order valence-corrected chi connectivity index (χ4v) is 2.86.